The van der Waals surface area contributed by atoms with Gasteiger partial charge in [0.2, 0.25) is 23.6 Å². The maximum Gasteiger partial charge on any atom is 0.490 e. The third kappa shape index (κ3) is 41.2. The molecular formula is C74H102Cl2F5IN8O14. The number of hydrogen-bond acceptors (Lipinski definition) is 13. The number of benzene rings is 5. The zero-order valence-electron chi connectivity index (χ0n) is 59.5. The Morgan fingerprint density at radius 3 is 1.12 bits per heavy atom. The number of amides is 7. The summed E-state index contributed by atoms with van der Waals surface area (Å²) < 4.78 is 81.4. The Balaban J connectivity index is 0.00000134. The summed E-state index contributed by atoms with van der Waals surface area (Å²) >= 11 is 11.5. The molecule has 3 saturated heterocycles. The molecule has 22 nitrogen and oxygen atoms in total. The predicted octanol–water partition coefficient (Wildman–Crippen LogP) is 13.2. The first-order valence-corrected chi connectivity index (χ1v) is 34.7. The van der Waals surface area contributed by atoms with Crippen LogP contribution in [-0.2, 0) is 75.5 Å². The number of alkyl halides is 6. The molecule has 0 unspecified atom stereocenters. The minimum absolute atomic E-state index is 0. The van der Waals surface area contributed by atoms with Crippen molar-refractivity contribution in [1.82, 2.24) is 41.7 Å². The van der Waals surface area contributed by atoms with Crippen molar-refractivity contribution in [1.29, 1.82) is 0 Å². The number of nitrogens with one attached hydrogen (secondary N) is 6. The minimum Gasteiger partial charge on any atom is -0.481 e. The Hall–Kier alpha value is -8.35. The fourth-order valence-corrected chi connectivity index (χ4v) is 8.94. The van der Waals surface area contributed by atoms with Gasteiger partial charge < -0.3 is 66.1 Å². The van der Waals surface area contributed by atoms with Gasteiger partial charge in [-0.3, -0.25) is 24.0 Å². The fraction of sp³-hybridized carbons (Fsp3) is 0.473. The molecule has 0 radical (unpaired) electrons. The van der Waals surface area contributed by atoms with E-state index in [1.165, 1.54) is 12.1 Å². The number of aliphatic carboxylic acids is 2. The van der Waals surface area contributed by atoms with Crippen molar-refractivity contribution in [3.8, 4) is 0 Å². The number of hydrogen-bond donors (Lipinski definition) is 8. The molecule has 3 aliphatic heterocycles. The first-order valence-electron chi connectivity index (χ1n) is 32.8. The number of alkyl carbamates (subject to hydrolysis) is 2. The van der Waals surface area contributed by atoms with Gasteiger partial charge in [-0.15, -0.1) is 23.2 Å². The fourth-order valence-electron chi connectivity index (χ4n) is 8.94. The summed E-state index contributed by atoms with van der Waals surface area (Å²) in [6.45, 7) is 20.5. The SMILES string of the molecule is C.C.CC(C)(C)OC(=O)N1CC(C(=O)NCc2ccccc2)C1.CC(C)(C)OC(=O)N[C@@H](CC(=O)N1CC(C(=O)NCc2ccccc2)C1)Cc1ccccc1F.CC(C)(C)OC(=O)N[C@@H](CC(=O)O)Cc1ccccc1F.ClCCl.O=C(NCc1ccccc1)C1CNC1.O=C(O)C(F)(F)F.[2H]CI. The zero-order valence-corrected chi connectivity index (χ0v) is 62.2. The lowest BCUT2D eigenvalue weighted by Crippen LogP contribution is -2.56. The molecule has 5 aromatic carbocycles. The van der Waals surface area contributed by atoms with Crippen LogP contribution in [0.3, 0.4) is 0 Å². The smallest absolute Gasteiger partial charge is 0.481 e. The van der Waals surface area contributed by atoms with Gasteiger partial charge in [-0.1, -0.05) is 165 Å². The number of halogens is 8. The Morgan fingerprint density at radius 2 is 0.827 bits per heavy atom. The van der Waals surface area contributed by atoms with Crippen LogP contribution in [0.1, 0.15) is 119 Å². The average Bonchev–Trinajstić information content (AvgIpc) is 0.821. The molecule has 104 heavy (non-hydrogen) atoms. The lowest BCUT2D eigenvalue weighted by molar-refractivity contribution is -0.192. The molecule has 0 bridgehead atoms. The summed E-state index contributed by atoms with van der Waals surface area (Å²) in [7, 11) is 0. The van der Waals surface area contributed by atoms with E-state index in [0.29, 0.717) is 61.8 Å². The van der Waals surface area contributed by atoms with E-state index in [4.69, 9.17) is 53.8 Å². The van der Waals surface area contributed by atoms with Crippen molar-refractivity contribution in [3.63, 3.8) is 0 Å². The maximum atomic E-state index is 14.2. The summed E-state index contributed by atoms with van der Waals surface area (Å²) in [4.78, 5) is 108. The van der Waals surface area contributed by atoms with Crippen LogP contribution in [-0.4, -0.2) is 158 Å². The van der Waals surface area contributed by atoms with E-state index in [2.05, 4.69) is 31.9 Å². The normalized spacial score (nSPS) is 13.7. The van der Waals surface area contributed by atoms with Crippen LogP contribution in [0.15, 0.2) is 140 Å². The highest BCUT2D eigenvalue weighted by Crippen LogP contribution is 2.23. The maximum absolute atomic E-state index is 14.2. The lowest BCUT2D eigenvalue weighted by atomic mass is 9.96. The quantitative estimate of drug-likeness (QED) is 0.0165. The van der Waals surface area contributed by atoms with E-state index < -0.39 is 70.8 Å². The first kappa shape index (κ1) is 93.7. The lowest BCUT2D eigenvalue weighted by Gasteiger charge is -2.39. The second kappa shape index (κ2) is 48.6. The van der Waals surface area contributed by atoms with E-state index in [9.17, 15) is 60.3 Å². The standard InChI is InChI=1S/C26H32FN3O4.C16H22N2O3.C15H20FNO4.C11H14N2O.C2HF3O2.CH2Cl2.CH3I.2CH4/c1-26(2,3)34-25(33)29-21(13-19-11-7-8-12-22(19)27)14-23(31)30-16-20(17-30)24(32)28-15-18-9-5-4-6-10-18;1-16(2,3)21-15(20)18-10-13(11-18)14(19)17-9-12-7-5-4-6-8-12;1-15(2,3)21-14(20)17-11(9-13(18)19)8-10-6-4-5-7-12(10)16;14-11(10-7-12-8-10)13-6-9-4-2-1-3-5-9;3-2(4,5)1(6)7;2-1-3;1-2;;/h4-12,20-21H,13-17H2,1-3H3,(H,28,32)(H,29,33);4-8,13H,9-11H2,1-3H3,(H,17,19);4-7,11H,8-9H2,1-3H3,(H,17,20)(H,18,19);1-5,10,12H,6-8H2,(H,13,14);(H,6,7);1H2;1H3;2*1H4/t21-;;11-;;;;;;/m1.1....../s1/i;;;;;;1D;;. The number of nitrogens with zero attached hydrogens (tertiary/aromatic N) is 2. The van der Waals surface area contributed by atoms with Crippen LogP contribution in [0.4, 0.5) is 36.3 Å². The summed E-state index contributed by atoms with van der Waals surface area (Å²) in [5.74, 6) is -5.04. The van der Waals surface area contributed by atoms with Crippen molar-refractivity contribution in [2.45, 2.75) is 158 Å². The number of ether oxygens (including phenoxy) is 3. The molecule has 3 heterocycles. The molecule has 30 heteroatoms. The topological polar surface area (TPSA) is 300 Å². The molecule has 7 amide bonds. The van der Waals surface area contributed by atoms with Gasteiger partial charge in [0.1, 0.15) is 28.4 Å². The molecule has 5 aromatic rings. The molecule has 2 atom stereocenters. The molecule has 0 spiro atoms. The summed E-state index contributed by atoms with van der Waals surface area (Å²) in [5.41, 5.74) is 2.08. The van der Waals surface area contributed by atoms with Gasteiger partial charge in [0.15, 0.2) is 0 Å². The van der Waals surface area contributed by atoms with Gasteiger partial charge in [-0.2, -0.15) is 13.2 Å². The first-order chi connectivity index (χ1) is 48.3. The molecule has 8 N–H and O–H groups in total. The van der Waals surface area contributed by atoms with E-state index in [0.717, 1.165) is 29.8 Å². The van der Waals surface area contributed by atoms with Gasteiger partial charge >= 0.3 is 36.4 Å². The zero-order chi connectivity index (χ0) is 77.5. The van der Waals surface area contributed by atoms with Crippen molar-refractivity contribution < 1.29 is 90.9 Å². The van der Waals surface area contributed by atoms with Gasteiger partial charge in [-0.25, -0.2) is 28.0 Å². The Labute approximate surface area is 632 Å². The molecule has 0 saturated carbocycles. The molecule has 0 aromatic heterocycles. The number of carboxylic acid groups (broad SMARTS) is 2. The van der Waals surface area contributed by atoms with Gasteiger partial charge in [0.05, 0.1) is 29.5 Å². The van der Waals surface area contributed by atoms with Crippen LogP contribution in [0.5, 0.6) is 0 Å². The number of carboxylic acids is 2. The summed E-state index contributed by atoms with van der Waals surface area (Å²) in [6.07, 6.45) is -6.92. The van der Waals surface area contributed by atoms with Gasteiger partial charge in [0, 0.05) is 78.8 Å². The van der Waals surface area contributed by atoms with Crippen molar-refractivity contribution >= 4 is 99.6 Å². The van der Waals surface area contributed by atoms with E-state index in [-0.39, 0.29) is 93.4 Å². The van der Waals surface area contributed by atoms with Crippen molar-refractivity contribution in [2.24, 2.45) is 17.8 Å². The molecular weight excluding hydrogens is 1520 g/mol. The number of carbonyl (C=O) groups is 9. The predicted molar refractivity (Wildman–Crippen MR) is 400 cm³/mol. The number of rotatable bonds is 19. The van der Waals surface area contributed by atoms with Gasteiger partial charge in [0.25, 0.3) is 0 Å². The molecule has 8 rings (SSSR count). The Morgan fingerprint density at radius 1 is 0.529 bits per heavy atom. The molecule has 3 fully saturated rings. The van der Waals surface area contributed by atoms with Crippen LogP contribution in [0, 0.1) is 29.4 Å². The molecule has 578 valence electrons. The third-order valence-corrected chi connectivity index (χ3v) is 14.0. The highest BCUT2D eigenvalue weighted by molar-refractivity contribution is 14.1. The van der Waals surface area contributed by atoms with Crippen molar-refractivity contribution in [2.75, 3.05) is 49.5 Å². The number of likely N-dealkylation sites (tertiary alicyclic amines) is 2. The second-order valence-corrected chi connectivity index (χ2v) is 26.8. The van der Waals surface area contributed by atoms with Crippen LogP contribution in [0.2, 0.25) is 0 Å². The van der Waals surface area contributed by atoms with E-state index >= 15 is 0 Å². The minimum atomic E-state index is -5.08. The second-order valence-electron chi connectivity index (χ2n) is 26.0. The largest absolute Gasteiger partial charge is 0.490 e. The number of carbonyl (C=O) groups excluding carboxylic acids is 7. The van der Waals surface area contributed by atoms with Crippen LogP contribution < -0.4 is 31.9 Å². The average molecular weight is 1620 g/mol. The van der Waals surface area contributed by atoms with Crippen LogP contribution in [0.25, 0.3) is 0 Å². The molecule has 0 aliphatic carbocycles. The summed E-state index contributed by atoms with van der Waals surface area (Å²) in [6, 6.07) is 40.2. The third-order valence-electron chi connectivity index (χ3n) is 14.0. The van der Waals surface area contributed by atoms with Crippen molar-refractivity contribution in [3.05, 3.63) is 179 Å². The monoisotopic (exact) mass is 1620 g/mol. The van der Waals surface area contributed by atoms with E-state index in [1.54, 1.807) is 87.7 Å². The highest BCUT2D eigenvalue weighted by Gasteiger charge is 2.40. The highest BCUT2D eigenvalue weighted by atomic mass is 127. The Kier molecular flexibility index (Phi) is 43.8. The van der Waals surface area contributed by atoms with E-state index in [1.807, 2.05) is 134 Å². The molecule has 3 aliphatic rings. The van der Waals surface area contributed by atoms with Crippen LogP contribution >= 0.6 is 45.8 Å². The summed E-state index contributed by atoms with van der Waals surface area (Å²) in [5, 5.41) is 33.2. The van der Waals surface area contributed by atoms with Gasteiger partial charge in [-0.05, 0) is 120 Å². The Bertz CT molecular complexity index is 3420.